The van der Waals surface area contributed by atoms with Crippen molar-refractivity contribution in [1.82, 2.24) is 15.1 Å². The molecule has 1 aliphatic heterocycles. The van der Waals surface area contributed by atoms with E-state index < -0.39 is 0 Å². The summed E-state index contributed by atoms with van der Waals surface area (Å²) in [6.45, 7) is 2.55. The van der Waals surface area contributed by atoms with Gasteiger partial charge < -0.3 is 15.0 Å². The van der Waals surface area contributed by atoms with E-state index in [-0.39, 0.29) is 5.91 Å². The van der Waals surface area contributed by atoms with Gasteiger partial charge in [0.2, 0.25) is 0 Å². The Morgan fingerprint density at radius 2 is 1.90 bits per heavy atom. The van der Waals surface area contributed by atoms with Crippen molar-refractivity contribution < 1.29 is 9.53 Å². The van der Waals surface area contributed by atoms with Gasteiger partial charge in [-0.25, -0.2) is 0 Å². The van der Waals surface area contributed by atoms with E-state index >= 15 is 0 Å². The van der Waals surface area contributed by atoms with Crippen LogP contribution in [-0.2, 0) is 6.61 Å². The Morgan fingerprint density at radius 3 is 2.63 bits per heavy atom. The van der Waals surface area contributed by atoms with Crippen molar-refractivity contribution in [3.63, 3.8) is 0 Å². The lowest BCUT2D eigenvalue weighted by Gasteiger charge is -2.29. The number of rotatable bonds is 6. The van der Waals surface area contributed by atoms with Crippen LogP contribution in [0.5, 0.6) is 5.75 Å². The number of nitrogens with zero attached hydrogens (tertiary/aromatic N) is 3. The summed E-state index contributed by atoms with van der Waals surface area (Å²) in [4.78, 5) is 15.4. The summed E-state index contributed by atoms with van der Waals surface area (Å²) in [5.41, 5.74) is 3.39. The van der Waals surface area contributed by atoms with Gasteiger partial charge in [0, 0.05) is 0 Å². The van der Waals surface area contributed by atoms with Crippen LogP contribution in [0, 0.1) is 0 Å². The molecule has 0 saturated carbocycles. The highest BCUT2D eigenvalue weighted by atomic mass is 16.5. The number of likely N-dealkylation sites (tertiary alicyclic amines) is 1. The molecule has 1 fully saturated rings. The Kier molecular flexibility index (Phi) is 6.35. The molecule has 6 nitrogen and oxygen atoms in total. The monoisotopic (exact) mass is 402 g/mol. The second-order valence-corrected chi connectivity index (χ2v) is 7.69. The van der Waals surface area contributed by atoms with Crippen molar-refractivity contribution in [2.24, 2.45) is 0 Å². The molecule has 0 spiro atoms. The molecule has 2 aromatic carbocycles. The zero-order chi connectivity index (χ0) is 20.8. The number of amides is 1. The Morgan fingerprint density at radius 1 is 1.10 bits per heavy atom. The number of carbonyl (C=O) groups excluding carboxylic acids is 1. The lowest BCUT2D eigenvalue weighted by Crippen LogP contribution is -2.29. The Balaban J connectivity index is 1.58. The maximum Gasteiger partial charge on any atom is 0.259 e. The number of carbonyl (C=O) groups is 1. The minimum atomic E-state index is -0.208. The highest BCUT2D eigenvalue weighted by molar-refractivity contribution is 6.06. The number of hydrogen-bond acceptors (Lipinski definition) is 5. The molecule has 1 amide bonds. The van der Waals surface area contributed by atoms with Crippen molar-refractivity contribution in [3.05, 3.63) is 83.7 Å². The molecular weight excluding hydrogens is 376 g/mol. The number of nitrogens with one attached hydrogen (secondary N) is 1. The van der Waals surface area contributed by atoms with E-state index in [9.17, 15) is 4.79 Å². The maximum atomic E-state index is 13.1. The van der Waals surface area contributed by atoms with Crippen molar-refractivity contribution in [3.8, 4) is 5.75 Å². The first-order valence-corrected chi connectivity index (χ1v) is 10.3. The van der Waals surface area contributed by atoms with Crippen molar-refractivity contribution >= 4 is 11.6 Å². The SMILES string of the molecule is CN1CCC(c2ccc(OCc3ccccc3)c(C(=O)Nc3ccnnc3)c2)CC1. The summed E-state index contributed by atoms with van der Waals surface area (Å²) in [6.07, 6.45) is 5.27. The average molecular weight is 402 g/mol. The number of piperidine rings is 1. The van der Waals surface area contributed by atoms with E-state index in [2.05, 4.69) is 33.5 Å². The molecule has 0 aliphatic carbocycles. The van der Waals surface area contributed by atoms with Gasteiger partial charge in [-0.3, -0.25) is 4.79 Å². The highest BCUT2D eigenvalue weighted by Crippen LogP contribution is 2.31. The van der Waals surface area contributed by atoms with Crippen LogP contribution in [0.4, 0.5) is 5.69 Å². The van der Waals surface area contributed by atoms with E-state index in [4.69, 9.17) is 4.74 Å². The molecule has 4 rings (SSSR count). The van der Waals surface area contributed by atoms with Gasteiger partial charge in [-0.1, -0.05) is 36.4 Å². The summed E-state index contributed by atoms with van der Waals surface area (Å²) in [5, 5.41) is 10.5. The summed E-state index contributed by atoms with van der Waals surface area (Å²) in [6, 6.07) is 17.7. The van der Waals surface area contributed by atoms with Gasteiger partial charge in [-0.15, -0.1) is 0 Å². The lowest BCUT2D eigenvalue weighted by atomic mass is 9.88. The quantitative estimate of drug-likeness (QED) is 0.672. The third-order valence-corrected chi connectivity index (χ3v) is 5.52. The first kappa shape index (κ1) is 20.0. The molecule has 0 radical (unpaired) electrons. The minimum absolute atomic E-state index is 0.208. The van der Waals surface area contributed by atoms with Gasteiger partial charge in [0.25, 0.3) is 5.91 Å². The average Bonchev–Trinajstić information content (AvgIpc) is 2.79. The Labute approximate surface area is 176 Å². The van der Waals surface area contributed by atoms with Crippen molar-refractivity contribution in [1.29, 1.82) is 0 Å². The Hall–Kier alpha value is -3.25. The molecule has 30 heavy (non-hydrogen) atoms. The second-order valence-electron chi connectivity index (χ2n) is 7.69. The van der Waals surface area contributed by atoms with Gasteiger partial charge >= 0.3 is 0 Å². The topological polar surface area (TPSA) is 67.3 Å². The van der Waals surface area contributed by atoms with Crippen molar-refractivity contribution in [2.45, 2.75) is 25.4 Å². The second kappa shape index (κ2) is 9.50. The number of benzene rings is 2. The van der Waals surface area contributed by atoms with Crippen LogP contribution in [0.2, 0.25) is 0 Å². The first-order valence-electron chi connectivity index (χ1n) is 10.3. The van der Waals surface area contributed by atoms with Crippen LogP contribution in [0.3, 0.4) is 0 Å². The molecule has 2 heterocycles. The van der Waals surface area contributed by atoms with E-state index in [1.165, 1.54) is 11.8 Å². The van der Waals surface area contributed by atoms with Gasteiger partial charge in [-0.2, -0.15) is 10.2 Å². The molecule has 0 bridgehead atoms. The third kappa shape index (κ3) is 5.02. The number of ether oxygens (including phenoxy) is 1. The maximum absolute atomic E-state index is 13.1. The summed E-state index contributed by atoms with van der Waals surface area (Å²) >= 11 is 0. The minimum Gasteiger partial charge on any atom is -0.488 e. The first-order chi connectivity index (χ1) is 14.7. The van der Waals surface area contributed by atoms with Crippen LogP contribution in [-0.4, -0.2) is 41.1 Å². The van der Waals surface area contributed by atoms with E-state index in [1.807, 2.05) is 42.5 Å². The molecule has 3 aromatic rings. The third-order valence-electron chi connectivity index (χ3n) is 5.52. The Bertz CT molecular complexity index is 971. The highest BCUT2D eigenvalue weighted by Gasteiger charge is 2.21. The fraction of sp³-hybridized carbons (Fsp3) is 0.292. The van der Waals surface area contributed by atoms with Crippen LogP contribution >= 0.6 is 0 Å². The molecule has 1 saturated heterocycles. The van der Waals surface area contributed by atoms with Crippen LogP contribution in [0.25, 0.3) is 0 Å². The number of anilines is 1. The van der Waals surface area contributed by atoms with E-state index in [0.717, 1.165) is 31.5 Å². The summed E-state index contributed by atoms with van der Waals surface area (Å²) < 4.78 is 6.04. The molecule has 1 N–H and O–H groups in total. The predicted octanol–water partition coefficient (Wildman–Crippen LogP) is 4.12. The fourth-order valence-corrected chi connectivity index (χ4v) is 3.75. The summed E-state index contributed by atoms with van der Waals surface area (Å²) in [7, 11) is 2.15. The number of aromatic nitrogens is 2. The molecule has 0 atom stereocenters. The lowest BCUT2D eigenvalue weighted by molar-refractivity contribution is 0.102. The molecule has 1 aromatic heterocycles. The van der Waals surface area contributed by atoms with Gasteiger partial charge in [-0.05, 0) is 68.2 Å². The zero-order valence-electron chi connectivity index (χ0n) is 17.1. The zero-order valence-corrected chi connectivity index (χ0v) is 17.1. The predicted molar refractivity (Wildman–Crippen MR) is 117 cm³/mol. The molecule has 6 heteroatoms. The largest absolute Gasteiger partial charge is 0.488 e. The van der Waals surface area contributed by atoms with Crippen LogP contribution < -0.4 is 10.1 Å². The van der Waals surface area contributed by atoms with Crippen LogP contribution in [0.15, 0.2) is 67.0 Å². The van der Waals surface area contributed by atoms with Gasteiger partial charge in [0.15, 0.2) is 0 Å². The van der Waals surface area contributed by atoms with E-state index in [1.54, 1.807) is 12.3 Å². The number of hydrogen-bond donors (Lipinski definition) is 1. The fourth-order valence-electron chi connectivity index (χ4n) is 3.75. The standard InChI is InChI=1S/C24H26N4O2/c1-28-13-10-19(11-14-28)20-7-8-23(30-17-18-5-3-2-4-6-18)22(15-20)24(29)27-21-9-12-25-26-16-21/h2-9,12,15-16,19H,10-11,13-14,17H2,1H3,(H,25,27,29). The normalized spacial score (nSPS) is 15.0. The molecule has 154 valence electrons. The van der Waals surface area contributed by atoms with Crippen LogP contribution in [0.1, 0.15) is 40.2 Å². The van der Waals surface area contributed by atoms with Gasteiger partial charge in [0.05, 0.1) is 23.6 Å². The summed E-state index contributed by atoms with van der Waals surface area (Å²) in [5.74, 6) is 0.828. The molecule has 1 aliphatic rings. The molecular formula is C24H26N4O2. The molecule has 0 unspecified atom stereocenters. The van der Waals surface area contributed by atoms with Crippen molar-refractivity contribution in [2.75, 3.05) is 25.5 Å². The smallest absolute Gasteiger partial charge is 0.259 e. The van der Waals surface area contributed by atoms with E-state index in [0.29, 0.717) is 29.5 Å². The van der Waals surface area contributed by atoms with Gasteiger partial charge in [0.1, 0.15) is 12.4 Å².